The molecule has 0 saturated heterocycles. The summed E-state index contributed by atoms with van der Waals surface area (Å²) >= 11 is 0. The van der Waals surface area contributed by atoms with Crippen LogP contribution in [0.5, 0.6) is 0 Å². The Hall–Kier alpha value is -0.800. The van der Waals surface area contributed by atoms with Crippen molar-refractivity contribution in [2.45, 2.75) is 38.8 Å². The summed E-state index contributed by atoms with van der Waals surface area (Å²) in [6.45, 7) is 3.13. The van der Waals surface area contributed by atoms with E-state index >= 15 is 0 Å². The van der Waals surface area contributed by atoms with E-state index in [1.807, 2.05) is 6.07 Å². The van der Waals surface area contributed by atoms with Crippen LogP contribution >= 0.6 is 0 Å². The van der Waals surface area contributed by atoms with Gasteiger partial charge in [-0.2, -0.15) is 0 Å². The van der Waals surface area contributed by atoms with Gasteiger partial charge in [0.05, 0.1) is 12.8 Å². The van der Waals surface area contributed by atoms with Crippen molar-refractivity contribution in [3.8, 4) is 0 Å². The highest BCUT2D eigenvalue weighted by Gasteiger charge is 2.26. The van der Waals surface area contributed by atoms with Gasteiger partial charge >= 0.3 is 0 Å². The van der Waals surface area contributed by atoms with Crippen LogP contribution in [-0.4, -0.2) is 17.8 Å². The monoisotopic (exact) mass is 209 g/mol. The minimum absolute atomic E-state index is 0.300. The standard InChI is InChI=1S/C12H19NO2/c1-9-5-6-15-12(9)7-13-11-4-2-3-10(11)8-14/h5-6,10-11,13-14H,2-4,7-8H2,1H3. The van der Waals surface area contributed by atoms with Crippen LogP contribution in [0.2, 0.25) is 0 Å². The number of furan rings is 1. The molecule has 1 heterocycles. The molecule has 1 saturated carbocycles. The zero-order valence-corrected chi connectivity index (χ0v) is 9.20. The van der Waals surface area contributed by atoms with Gasteiger partial charge in [-0.1, -0.05) is 6.42 Å². The second-order valence-corrected chi connectivity index (χ2v) is 4.39. The molecule has 2 unspecified atom stereocenters. The van der Waals surface area contributed by atoms with Gasteiger partial charge in [-0.05, 0) is 37.3 Å². The maximum Gasteiger partial charge on any atom is 0.120 e. The van der Waals surface area contributed by atoms with Gasteiger partial charge in [0, 0.05) is 12.6 Å². The Kier molecular flexibility index (Phi) is 3.44. The molecule has 3 nitrogen and oxygen atoms in total. The lowest BCUT2D eigenvalue weighted by Gasteiger charge is -2.18. The van der Waals surface area contributed by atoms with Crippen LogP contribution in [0.1, 0.15) is 30.6 Å². The first kappa shape index (κ1) is 10.7. The molecule has 3 heteroatoms. The zero-order chi connectivity index (χ0) is 10.7. The van der Waals surface area contributed by atoms with Crippen LogP contribution in [0.15, 0.2) is 16.7 Å². The van der Waals surface area contributed by atoms with Crippen molar-refractivity contribution in [1.29, 1.82) is 0 Å². The highest BCUT2D eigenvalue weighted by Crippen LogP contribution is 2.25. The van der Waals surface area contributed by atoms with E-state index in [0.29, 0.717) is 18.6 Å². The highest BCUT2D eigenvalue weighted by molar-refractivity contribution is 5.14. The average molecular weight is 209 g/mol. The number of nitrogens with one attached hydrogen (secondary N) is 1. The predicted octanol–water partition coefficient (Wildman–Crippen LogP) is 1.84. The lowest BCUT2D eigenvalue weighted by molar-refractivity contribution is 0.203. The molecular formula is C12H19NO2. The van der Waals surface area contributed by atoms with E-state index in [2.05, 4.69) is 12.2 Å². The number of hydrogen-bond donors (Lipinski definition) is 2. The Morgan fingerprint density at radius 2 is 2.40 bits per heavy atom. The SMILES string of the molecule is Cc1ccoc1CNC1CCCC1CO. The van der Waals surface area contributed by atoms with Gasteiger partial charge in [0.1, 0.15) is 5.76 Å². The van der Waals surface area contributed by atoms with Gasteiger partial charge in [-0.3, -0.25) is 0 Å². The summed E-state index contributed by atoms with van der Waals surface area (Å²) < 4.78 is 5.37. The Bertz CT molecular complexity index is 308. The minimum atomic E-state index is 0.300. The van der Waals surface area contributed by atoms with Crippen LogP contribution in [0.3, 0.4) is 0 Å². The third-order valence-corrected chi connectivity index (χ3v) is 3.39. The first-order valence-electron chi connectivity index (χ1n) is 5.68. The van der Waals surface area contributed by atoms with E-state index in [9.17, 15) is 5.11 Å². The average Bonchev–Trinajstić information content (AvgIpc) is 2.83. The second kappa shape index (κ2) is 4.81. The summed E-state index contributed by atoms with van der Waals surface area (Å²) in [6, 6.07) is 2.44. The summed E-state index contributed by atoms with van der Waals surface area (Å²) in [5.74, 6) is 1.44. The van der Waals surface area contributed by atoms with E-state index in [0.717, 1.165) is 18.7 Å². The van der Waals surface area contributed by atoms with Crippen LogP contribution in [-0.2, 0) is 6.54 Å². The molecule has 1 fully saturated rings. The van der Waals surface area contributed by atoms with E-state index in [-0.39, 0.29) is 0 Å². The molecule has 0 spiro atoms. The maximum absolute atomic E-state index is 9.18. The molecule has 0 amide bonds. The Morgan fingerprint density at radius 3 is 3.07 bits per heavy atom. The molecule has 0 radical (unpaired) electrons. The van der Waals surface area contributed by atoms with Gasteiger partial charge in [0.15, 0.2) is 0 Å². The van der Waals surface area contributed by atoms with Crippen molar-refractivity contribution in [3.05, 3.63) is 23.7 Å². The Morgan fingerprint density at radius 1 is 1.53 bits per heavy atom. The number of rotatable bonds is 4. The van der Waals surface area contributed by atoms with Gasteiger partial charge in [0.2, 0.25) is 0 Å². The molecule has 2 atom stereocenters. The molecule has 2 N–H and O–H groups in total. The van der Waals surface area contributed by atoms with Crippen molar-refractivity contribution in [2.75, 3.05) is 6.61 Å². The molecule has 2 rings (SSSR count). The first-order chi connectivity index (χ1) is 7.31. The van der Waals surface area contributed by atoms with Crippen molar-refractivity contribution in [3.63, 3.8) is 0 Å². The largest absolute Gasteiger partial charge is 0.468 e. The molecule has 1 aliphatic rings. The van der Waals surface area contributed by atoms with Crippen molar-refractivity contribution in [1.82, 2.24) is 5.32 Å². The van der Waals surface area contributed by atoms with Gasteiger partial charge in [-0.25, -0.2) is 0 Å². The fraction of sp³-hybridized carbons (Fsp3) is 0.667. The molecule has 84 valence electrons. The van der Waals surface area contributed by atoms with Crippen LogP contribution < -0.4 is 5.32 Å². The lowest BCUT2D eigenvalue weighted by atomic mass is 10.1. The molecule has 0 bridgehead atoms. The number of aliphatic hydroxyl groups is 1. The van der Waals surface area contributed by atoms with Crippen molar-refractivity contribution >= 4 is 0 Å². The molecule has 1 aromatic heterocycles. The molecule has 1 aliphatic carbocycles. The quantitative estimate of drug-likeness (QED) is 0.795. The lowest BCUT2D eigenvalue weighted by Crippen LogP contribution is -2.33. The van der Waals surface area contributed by atoms with Gasteiger partial charge in [0.25, 0.3) is 0 Å². The smallest absolute Gasteiger partial charge is 0.120 e. The molecule has 15 heavy (non-hydrogen) atoms. The number of aliphatic hydroxyl groups excluding tert-OH is 1. The van der Waals surface area contributed by atoms with E-state index in [4.69, 9.17) is 4.42 Å². The Balaban J connectivity index is 1.85. The molecule has 0 aromatic carbocycles. The summed E-state index contributed by atoms with van der Waals surface area (Å²) in [5, 5.41) is 12.7. The zero-order valence-electron chi connectivity index (χ0n) is 9.20. The van der Waals surface area contributed by atoms with E-state index in [1.165, 1.54) is 18.4 Å². The van der Waals surface area contributed by atoms with E-state index in [1.54, 1.807) is 6.26 Å². The first-order valence-corrected chi connectivity index (χ1v) is 5.68. The van der Waals surface area contributed by atoms with Crippen LogP contribution in [0.25, 0.3) is 0 Å². The summed E-state index contributed by atoms with van der Waals surface area (Å²) in [7, 11) is 0. The fourth-order valence-corrected chi connectivity index (χ4v) is 2.33. The van der Waals surface area contributed by atoms with Gasteiger partial charge < -0.3 is 14.8 Å². The van der Waals surface area contributed by atoms with E-state index < -0.39 is 0 Å². The summed E-state index contributed by atoms with van der Waals surface area (Å²) in [6.07, 6.45) is 5.26. The third-order valence-electron chi connectivity index (χ3n) is 3.39. The van der Waals surface area contributed by atoms with Crippen LogP contribution in [0.4, 0.5) is 0 Å². The highest BCUT2D eigenvalue weighted by atomic mass is 16.3. The third kappa shape index (κ3) is 2.41. The molecular weight excluding hydrogens is 190 g/mol. The molecule has 1 aromatic rings. The number of aryl methyl sites for hydroxylation is 1. The minimum Gasteiger partial charge on any atom is -0.468 e. The van der Waals surface area contributed by atoms with Gasteiger partial charge in [-0.15, -0.1) is 0 Å². The maximum atomic E-state index is 9.18. The van der Waals surface area contributed by atoms with Crippen molar-refractivity contribution in [2.24, 2.45) is 5.92 Å². The number of hydrogen-bond acceptors (Lipinski definition) is 3. The van der Waals surface area contributed by atoms with Crippen LogP contribution in [0, 0.1) is 12.8 Å². The predicted molar refractivity (Wildman–Crippen MR) is 58.5 cm³/mol. The summed E-state index contributed by atoms with van der Waals surface area (Å²) in [4.78, 5) is 0. The fourth-order valence-electron chi connectivity index (χ4n) is 2.33. The second-order valence-electron chi connectivity index (χ2n) is 4.39. The normalized spacial score (nSPS) is 26.0. The Labute approximate surface area is 90.5 Å². The molecule has 0 aliphatic heterocycles. The summed E-state index contributed by atoms with van der Waals surface area (Å²) in [5.41, 5.74) is 1.20. The van der Waals surface area contributed by atoms with Crippen molar-refractivity contribution < 1.29 is 9.52 Å². The topological polar surface area (TPSA) is 45.4 Å².